The van der Waals surface area contributed by atoms with Gasteiger partial charge >= 0.3 is 6.09 Å². The van der Waals surface area contributed by atoms with Crippen molar-refractivity contribution in [2.24, 2.45) is 0 Å². The molecule has 3 rings (SSSR count). The van der Waals surface area contributed by atoms with Crippen LogP contribution in [0.4, 0.5) is 16.3 Å². The number of amides is 2. The number of aromatic nitrogens is 1. The quantitative estimate of drug-likeness (QED) is 0.902. The molecule has 0 spiro atoms. The van der Waals surface area contributed by atoms with Crippen LogP contribution in [-0.4, -0.2) is 27.6 Å². The van der Waals surface area contributed by atoms with Gasteiger partial charge in [-0.25, -0.2) is 9.78 Å². The Morgan fingerprint density at radius 3 is 2.44 bits per heavy atom. The Hall–Kier alpha value is -2.89. The minimum Gasteiger partial charge on any atom is -0.465 e. The molecule has 0 unspecified atom stereocenters. The van der Waals surface area contributed by atoms with Gasteiger partial charge in [0.25, 0.3) is 5.91 Å². The first kappa shape index (κ1) is 17.0. The van der Waals surface area contributed by atoms with Gasteiger partial charge in [-0.3, -0.25) is 9.69 Å². The highest BCUT2D eigenvalue weighted by Crippen LogP contribution is 2.32. The van der Waals surface area contributed by atoms with Crippen molar-refractivity contribution >= 4 is 23.5 Å². The van der Waals surface area contributed by atoms with E-state index in [1.54, 1.807) is 24.0 Å². The molecule has 1 aromatic heterocycles. The molecule has 0 saturated carbocycles. The largest absolute Gasteiger partial charge is 0.465 e. The van der Waals surface area contributed by atoms with Crippen molar-refractivity contribution in [3.05, 3.63) is 53.2 Å². The monoisotopic (exact) mass is 339 g/mol. The van der Waals surface area contributed by atoms with Crippen molar-refractivity contribution < 1.29 is 14.7 Å². The molecule has 0 aliphatic carbocycles. The Morgan fingerprint density at radius 2 is 1.88 bits per heavy atom. The van der Waals surface area contributed by atoms with E-state index < -0.39 is 11.6 Å². The van der Waals surface area contributed by atoms with Crippen molar-refractivity contribution in [2.45, 2.75) is 39.8 Å². The van der Waals surface area contributed by atoms with Gasteiger partial charge in [0.05, 0.1) is 17.9 Å². The lowest BCUT2D eigenvalue weighted by Gasteiger charge is -2.32. The van der Waals surface area contributed by atoms with Gasteiger partial charge in [-0.1, -0.05) is 18.2 Å². The molecule has 25 heavy (non-hydrogen) atoms. The lowest BCUT2D eigenvalue weighted by Crippen LogP contribution is -2.45. The Balaban J connectivity index is 1.97. The highest BCUT2D eigenvalue weighted by molar-refractivity contribution is 6.10. The third kappa shape index (κ3) is 2.95. The van der Waals surface area contributed by atoms with Crippen LogP contribution in [0.2, 0.25) is 0 Å². The zero-order valence-electron chi connectivity index (χ0n) is 14.8. The molecule has 2 aromatic rings. The molecule has 0 fully saturated rings. The molecule has 6 nitrogen and oxygen atoms in total. The normalized spacial score (nSPS) is 13.8. The molecule has 2 amide bonds. The molecule has 1 aliphatic heterocycles. The maximum Gasteiger partial charge on any atom is 0.413 e. The van der Waals surface area contributed by atoms with Gasteiger partial charge in [-0.05, 0) is 51.5 Å². The summed E-state index contributed by atoms with van der Waals surface area (Å²) in [5.74, 6) is 0.296. The molecule has 130 valence electrons. The highest BCUT2D eigenvalue weighted by Gasteiger charge is 2.32. The Morgan fingerprint density at radius 1 is 1.20 bits per heavy atom. The minimum absolute atomic E-state index is 0.0563. The predicted molar refractivity (Wildman–Crippen MR) is 96.2 cm³/mol. The average Bonchev–Trinajstić information content (AvgIpc) is 2.83. The van der Waals surface area contributed by atoms with Crippen LogP contribution in [0, 0.1) is 6.92 Å². The van der Waals surface area contributed by atoms with Crippen LogP contribution in [0.1, 0.15) is 42.4 Å². The van der Waals surface area contributed by atoms with Gasteiger partial charge < -0.3 is 10.0 Å². The standard InChI is InChI=1S/C19H21N3O3/c1-12-15(21-11-13-7-5-6-8-14(13)17(21)23)9-10-16(20-12)22(18(24)25)19(2,3)4/h5-10H,11H2,1-4H3,(H,24,25). The third-order valence-electron chi connectivity index (χ3n) is 4.25. The van der Waals surface area contributed by atoms with Gasteiger partial charge in [-0.15, -0.1) is 0 Å². The van der Waals surface area contributed by atoms with Crippen LogP contribution < -0.4 is 9.80 Å². The number of hydrogen-bond donors (Lipinski definition) is 1. The lowest BCUT2D eigenvalue weighted by molar-refractivity contribution is 0.0996. The van der Waals surface area contributed by atoms with E-state index in [0.717, 1.165) is 5.56 Å². The van der Waals surface area contributed by atoms with Crippen molar-refractivity contribution in [1.82, 2.24) is 4.98 Å². The van der Waals surface area contributed by atoms with Crippen LogP contribution in [0.25, 0.3) is 0 Å². The summed E-state index contributed by atoms with van der Waals surface area (Å²) >= 11 is 0. The third-order valence-corrected chi connectivity index (χ3v) is 4.25. The summed E-state index contributed by atoms with van der Waals surface area (Å²) in [5.41, 5.74) is 2.39. The smallest absolute Gasteiger partial charge is 0.413 e. The first-order valence-corrected chi connectivity index (χ1v) is 8.10. The number of rotatable bonds is 2. The fourth-order valence-electron chi connectivity index (χ4n) is 3.13. The molecule has 0 atom stereocenters. The summed E-state index contributed by atoms with van der Waals surface area (Å²) < 4.78 is 0. The Kier molecular flexibility index (Phi) is 3.99. The van der Waals surface area contributed by atoms with Gasteiger partial charge in [0.1, 0.15) is 5.82 Å². The number of carbonyl (C=O) groups excluding carboxylic acids is 1. The maximum atomic E-state index is 12.6. The molecule has 6 heteroatoms. The number of carbonyl (C=O) groups is 2. The molecule has 0 radical (unpaired) electrons. The van der Waals surface area contributed by atoms with E-state index >= 15 is 0 Å². The second-order valence-electron chi connectivity index (χ2n) is 7.11. The molecule has 2 heterocycles. The first-order valence-electron chi connectivity index (χ1n) is 8.10. The molecular weight excluding hydrogens is 318 g/mol. The Bertz CT molecular complexity index is 855. The number of carboxylic acid groups (broad SMARTS) is 1. The molecule has 1 N–H and O–H groups in total. The van der Waals surface area contributed by atoms with E-state index in [9.17, 15) is 14.7 Å². The summed E-state index contributed by atoms with van der Waals surface area (Å²) in [7, 11) is 0. The highest BCUT2D eigenvalue weighted by atomic mass is 16.4. The van der Waals surface area contributed by atoms with Crippen LogP contribution in [-0.2, 0) is 6.54 Å². The topological polar surface area (TPSA) is 73.7 Å². The fraction of sp³-hybridized carbons (Fsp3) is 0.316. The SMILES string of the molecule is Cc1nc(N(C(=O)O)C(C)(C)C)ccc1N1Cc2ccccc2C1=O. The number of nitrogens with zero attached hydrogens (tertiary/aromatic N) is 3. The second kappa shape index (κ2) is 5.88. The van der Waals surface area contributed by atoms with Crippen LogP contribution in [0.3, 0.4) is 0 Å². The van der Waals surface area contributed by atoms with Crippen molar-refractivity contribution in [3.63, 3.8) is 0 Å². The first-order chi connectivity index (χ1) is 11.7. The van der Waals surface area contributed by atoms with Gasteiger partial charge in [0.15, 0.2) is 0 Å². The summed E-state index contributed by atoms with van der Waals surface area (Å²) in [6, 6.07) is 10.9. The van der Waals surface area contributed by atoms with Gasteiger partial charge in [-0.2, -0.15) is 0 Å². The van der Waals surface area contributed by atoms with Crippen molar-refractivity contribution in [1.29, 1.82) is 0 Å². The molecule has 1 aromatic carbocycles. The number of pyridine rings is 1. The Labute approximate surface area is 146 Å². The molecule has 0 bridgehead atoms. The zero-order valence-corrected chi connectivity index (χ0v) is 14.8. The van der Waals surface area contributed by atoms with E-state index in [2.05, 4.69) is 4.98 Å². The van der Waals surface area contributed by atoms with E-state index in [0.29, 0.717) is 29.3 Å². The number of benzene rings is 1. The number of fused-ring (bicyclic) bond motifs is 1. The lowest BCUT2D eigenvalue weighted by atomic mass is 10.1. The van der Waals surface area contributed by atoms with E-state index in [1.165, 1.54) is 4.90 Å². The number of hydrogen-bond acceptors (Lipinski definition) is 3. The van der Waals surface area contributed by atoms with Crippen LogP contribution in [0.5, 0.6) is 0 Å². The minimum atomic E-state index is -1.06. The zero-order chi connectivity index (χ0) is 18.4. The number of aryl methyl sites for hydroxylation is 1. The van der Waals surface area contributed by atoms with Crippen molar-refractivity contribution in [3.8, 4) is 0 Å². The number of anilines is 2. The average molecular weight is 339 g/mol. The van der Waals surface area contributed by atoms with Crippen LogP contribution >= 0.6 is 0 Å². The summed E-state index contributed by atoms with van der Waals surface area (Å²) in [6.07, 6.45) is -1.06. The molecule has 0 saturated heterocycles. The summed E-state index contributed by atoms with van der Waals surface area (Å²) in [6.45, 7) is 7.72. The molecule has 1 aliphatic rings. The molecular formula is C19H21N3O3. The van der Waals surface area contributed by atoms with Crippen molar-refractivity contribution in [2.75, 3.05) is 9.80 Å². The summed E-state index contributed by atoms with van der Waals surface area (Å²) in [5, 5.41) is 9.52. The fourth-order valence-corrected chi connectivity index (χ4v) is 3.13. The predicted octanol–water partition coefficient (Wildman–Crippen LogP) is 3.83. The van der Waals surface area contributed by atoms with E-state index in [1.807, 2.05) is 45.0 Å². The summed E-state index contributed by atoms with van der Waals surface area (Å²) in [4.78, 5) is 31.6. The maximum absolute atomic E-state index is 12.6. The van der Waals surface area contributed by atoms with E-state index in [-0.39, 0.29) is 5.91 Å². The van der Waals surface area contributed by atoms with E-state index in [4.69, 9.17) is 0 Å². The second-order valence-corrected chi connectivity index (χ2v) is 7.11. The van der Waals surface area contributed by atoms with Gasteiger partial charge in [0, 0.05) is 11.1 Å². The van der Waals surface area contributed by atoms with Crippen LogP contribution in [0.15, 0.2) is 36.4 Å². The van der Waals surface area contributed by atoms with Gasteiger partial charge in [0.2, 0.25) is 0 Å².